The molecule has 3 aromatic rings. The first kappa shape index (κ1) is 22.7. The Morgan fingerprint density at radius 3 is 2.72 bits per heavy atom. The van der Waals surface area contributed by atoms with Crippen LogP contribution in [-0.4, -0.2) is 41.8 Å². The molecule has 0 bridgehead atoms. The quantitative estimate of drug-likeness (QED) is 0.508. The molecule has 7 nitrogen and oxygen atoms in total. The standard InChI is InChI=1S/C29H29N3O4/c1-32(2)16-18-5-3-17(4-6-18)13-19(33)14-23-27-22-15-20(7-9-24(22)36-28(23)27)35-25-11-12-30-29-21(25)8-10-26(34)31-29/h3-7,9,11-12,15,23,27-28H,8,10,13-14,16H2,1-2H3,(H,30,31,34)/t23-,27+,28-/m1/s1. The Bertz CT molecular complexity index is 1330. The lowest BCUT2D eigenvalue weighted by atomic mass is 10.0. The molecule has 36 heavy (non-hydrogen) atoms. The summed E-state index contributed by atoms with van der Waals surface area (Å²) < 4.78 is 12.4. The molecular formula is C29H29N3O4. The third-order valence-electron chi connectivity index (χ3n) is 7.19. The van der Waals surface area contributed by atoms with E-state index < -0.39 is 0 Å². The van der Waals surface area contributed by atoms with Gasteiger partial charge in [-0.05, 0) is 55.9 Å². The average Bonchev–Trinajstić information content (AvgIpc) is 3.35. The molecule has 3 heterocycles. The SMILES string of the molecule is CN(C)Cc1ccc(CC(=O)C[C@H]2[C@H]3Oc4ccc(Oc5ccnc6c5CCC(=O)N6)cc4[C@@H]23)cc1. The molecule has 2 aliphatic heterocycles. The molecule has 1 N–H and O–H groups in total. The number of rotatable bonds is 8. The lowest BCUT2D eigenvalue weighted by molar-refractivity contribution is -0.119. The number of ether oxygens (including phenoxy) is 2. The van der Waals surface area contributed by atoms with Crippen molar-refractivity contribution in [3.63, 3.8) is 0 Å². The van der Waals surface area contributed by atoms with Crippen LogP contribution in [0.1, 0.15) is 41.0 Å². The predicted molar refractivity (Wildman–Crippen MR) is 136 cm³/mol. The van der Waals surface area contributed by atoms with E-state index in [1.54, 1.807) is 6.20 Å². The number of pyridine rings is 1. The fourth-order valence-electron chi connectivity index (χ4n) is 5.43. The van der Waals surface area contributed by atoms with Gasteiger partial charge in [0.2, 0.25) is 5.91 Å². The lowest BCUT2D eigenvalue weighted by Gasteiger charge is -2.19. The zero-order chi connectivity index (χ0) is 24.8. The van der Waals surface area contributed by atoms with Crippen molar-refractivity contribution in [3.05, 3.63) is 77.0 Å². The molecular weight excluding hydrogens is 454 g/mol. The van der Waals surface area contributed by atoms with Crippen LogP contribution in [0.15, 0.2) is 54.7 Å². The molecule has 1 aromatic heterocycles. The second-order valence-corrected chi connectivity index (χ2v) is 10.2. The Hall–Kier alpha value is -3.71. The number of anilines is 1. The van der Waals surface area contributed by atoms with Crippen molar-refractivity contribution in [2.24, 2.45) is 5.92 Å². The molecule has 7 heteroatoms. The van der Waals surface area contributed by atoms with Crippen LogP contribution in [-0.2, 0) is 29.0 Å². The van der Waals surface area contributed by atoms with E-state index in [2.05, 4.69) is 39.5 Å². The van der Waals surface area contributed by atoms with Gasteiger partial charge in [0, 0.05) is 55.0 Å². The van der Waals surface area contributed by atoms with Crippen LogP contribution in [0.25, 0.3) is 0 Å². The molecule has 0 unspecified atom stereocenters. The topological polar surface area (TPSA) is 80.8 Å². The van der Waals surface area contributed by atoms with E-state index in [1.165, 1.54) is 5.56 Å². The molecule has 2 aromatic carbocycles. The van der Waals surface area contributed by atoms with E-state index in [0.29, 0.717) is 37.3 Å². The first-order valence-corrected chi connectivity index (χ1v) is 12.4. The van der Waals surface area contributed by atoms with E-state index in [9.17, 15) is 9.59 Å². The van der Waals surface area contributed by atoms with Gasteiger partial charge in [0.15, 0.2) is 0 Å². The van der Waals surface area contributed by atoms with Gasteiger partial charge < -0.3 is 19.7 Å². The van der Waals surface area contributed by atoms with Gasteiger partial charge in [0.05, 0.1) is 0 Å². The summed E-state index contributed by atoms with van der Waals surface area (Å²) in [5, 5.41) is 2.81. The normalized spacial score (nSPS) is 21.2. The Morgan fingerprint density at radius 2 is 1.92 bits per heavy atom. The molecule has 1 saturated carbocycles. The van der Waals surface area contributed by atoms with E-state index in [0.717, 1.165) is 34.7 Å². The highest BCUT2D eigenvalue weighted by molar-refractivity contribution is 5.93. The number of nitrogens with one attached hydrogen (secondary N) is 1. The average molecular weight is 484 g/mol. The summed E-state index contributed by atoms with van der Waals surface area (Å²) in [6, 6.07) is 16.0. The first-order valence-electron chi connectivity index (χ1n) is 12.4. The number of nitrogens with zero attached hydrogens (tertiary/aromatic N) is 2. The monoisotopic (exact) mass is 483 g/mol. The maximum absolute atomic E-state index is 12.8. The second-order valence-electron chi connectivity index (χ2n) is 10.2. The fraction of sp³-hybridized carbons (Fsp3) is 0.345. The molecule has 1 fully saturated rings. The molecule has 3 atom stereocenters. The maximum atomic E-state index is 12.8. The van der Waals surface area contributed by atoms with Crippen LogP contribution in [0.5, 0.6) is 17.2 Å². The Labute approximate surface area is 210 Å². The zero-order valence-electron chi connectivity index (χ0n) is 20.5. The number of amides is 1. The molecule has 1 amide bonds. The van der Waals surface area contributed by atoms with Crippen LogP contribution >= 0.6 is 0 Å². The summed E-state index contributed by atoms with van der Waals surface area (Å²) in [5.41, 5.74) is 4.33. The minimum atomic E-state index is -0.0245. The maximum Gasteiger partial charge on any atom is 0.225 e. The number of aromatic nitrogens is 1. The van der Waals surface area contributed by atoms with Gasteiger partial charge in [0.1, 0.15) is 35.0 Å². The summed E-state index contributed by atoms with van der Waals surface area (Å²) in [5.74, 6) is 3.55. The van der Waals surface area contributed by atoms with Crippen molar-refractivity contribution < 1.29 is 19.1 Å². The Kier molecular flexibility index (Phi) is 5.72. The highest BCUT2D eigenvalue weighted by atomic mass is 16.5. The number of benzene rings is 2. The predicted octanol–water partition coefficient (Wildman–Crippen LogP) is 4.50. The highest BCUT2D eigenvalue weighted by Crippen LogP contribution is 2.60. The number of hydrogen-bond acceptors (Lipinski definition) is 6. The van der Waals surface area contributed by atoms with Gasteiger partial charge in [-0.2, -0.15) is 0 Å². The Morgan fingerprint density at radius 1 is 1.11 bits per heavy atom. The third kappa shape index (κ3) is 4.46. The number of ketones is 1. The third-order valence-corrected chi connectivity index (χ3v) is 7.19. The van der Waals surface area contributed by atoms with Crippen molar-refractivity contribution in [3.8, 4) is 17.2 Å². The Balaban J connectivity index is 1.10. The van der Waals surface area contributed by atoms with Gasteiger partial charge in [-0.3, -0.25) is 9.59 Å². The second kappa shape index (κ2) is 9.06. The summed E-state index contributed by atoms with van der Waals surface area (Å²) in [6.45, 7) is 0.891. The van der Waals surface area contributed by atoms with Crippen LogP contribution in [0.3, 0.4) is 0 Å². The summed E-state index contributed by atoms with van der Waals surface area (Å²) in [7, 11) is 4.10. The van der Waals surface area contributed by atoms with Crippen LogP contribution in [0.4, 0.5) is 5.82 Å². The van der Waals surface area contributed by atoms with Gasteiger partial charge in [-0.1, -0.05) is 24.3 Å². The van der Waals surface area contributed by atoms with Crippen molar-refractivity contribution >= 4 is 17.5 Å². The lowest BCUT2D eigenvalue weighted by Crippen LogP contribution is -2.20. The van der Waals surface area contributed by atoms with E-state index in [4.69, 9.17) is 9.47 Å². The summed E-state index contributed by atoms with van der Waals surface area (Å²) in [4.78, 5) is 30.9. The number of Topliss-reactive ketones (excluding diaryl/α,β-unsaturated/α-hetero) is 1. The molecule has 184 valence electrons. The van der Waals surface area contributed by atoms with Crippen LogP contribution in [0.2, 0.25) is 0 Å². The minimum Gasteiger partial charge on any atom is -0.489 e. The van der Waals surface area contributed by atoms with E-state index >= 15 is 0 Å². The van der Waals surface area contributed by atoms with Gasteiger partial charge in [-0.15, -0.1) is 0 Å². The van der Waals surface area contributed by atoms with Gasteiger partial charge >= 0.3 is 0 Å². The number of hydrogen-bond donors (Lipinski definition) is 1. The smallest absolute Gasteiger partial charge is 0.225 e. The zero-order valence-corrected chi connectivity index (χ0v) is 20.5. The molecule has 6 rings (SSSR count). The van der Waals surface area contributed by atoms with Gasteiger partial charge in [-0.25, -0.2) is 4.98 Å². The van der Waals surface area contributed by atoms with E-state index in [-0.39, 0.29) is 29.6 Å². The van der Waals surface area contributed by atoms with Crippen LogP contribution in [0, 0.1) is 5.92 Å². The first-order chi connectivity index (χ1) is 17.4. The summed E-state index contributed by atoms with van der Waals surface area (Å²) >= 11 is 0. The highest BCUT2D eigenvalue weighted by Gasteiger charge is 2.59. The number of carbonyl (C=O) groups excluding carboxylic acids is 2. The largest absolute Gasteiger partial charge is 0.489 e. The summed E-state index contributed by atoms with van der Waals surface area (Å²) in [6.07, 6.45) is 3.73. The molecule has 0 radical (unpaired) electrons. The molecule has 3 aliphatic rings. The van der Waals surface area contributed by atoms with Crippen LogP contribution < -0.4 is 14.8 Å². The fourth-order valence-corrected chi connectivity index (χ4v) is 5.43. The van der Waals surface area contributed by atoms with Crippen molar-refractivity contribution in [1.82, 2.24) is 9.88 Å². The van der Waals surface area contributed by atoms with Crippen molar-refractivity contribution in [2.45, 2.75) is 44.2 Å². The molecule has 0 saturated heterocycles. The van der Waals surface area contributed by atoms with Crippen molar-refractivity contribution in [1.29, 1.82) is 0 Å². The molecule has 1 aliphatic carbocycles. The number of carbonyl (C=O) groups is 2. The number of fused-ring (bicyclic) bond motifs is 4. The van der Waals surface area contributed by atoms with E-state index in [1.807, 2.05) is 38.4 Å². The minimum absolute atomic E-state index is 0.0245. The molecule has 0 spiro atoms. The van der Waals surface area contributed by atoms with Crippen molar-refractivity contribution in [2.75, 3.05) is 19.4 Å². The van der Waals surface area contributed by atoms with Gasteiger partial charge in [0.25, 0.3) is 0 Å².